The van der Waals surface area contributed by atoms with E-state index in [0.717, 1.165) is 6.54 Å². The standard InChI is InChI=1S/C16H34N2/c1-7-11-15(5,6)18-13-16(9-3,10-4)17-12-14(18)8-2/h14,17H,7-13H2,1-6H3. The summed E-state index contributed by atoms with van der Waals surface area (Å²) in [4.78, 5) is 2.79. The van der Waals surface area contributed by atoms with Crippen LogP contribution >= 0.6 is 0 Å². The number of hydrogen-bond donors (Lipinski definition) is 1. The SMILES string of the molecule is CCCC(C)(C)N1CC(CC)(CC)NCC1CC. The van der Waals surface area contributed by atoms with Gasteiger partial charge in [0.1, 0.15) is 0 Å². The van der Waals surface area contributed by atoms with E-state index in [1.54, 1.807) is 0 Å². The van der Waals surface area contributed by atoms with Crippen molar-refractivity contribution in [3.63, 3.8) is 0 Å². The largest absolute Gasteiger partial charge is 0.308 e. The van der Waals surface area contributed by atoms with Gasteiger partial charge in [0.2, 0.25) is 0 Å². The maximum absolute atomic E-state index is 3.84. The summed E-state index contributed by atoms with van der Waals surface area (Å²) in [7, 11) is 0. The van der Waals surface area contributed by atoms with Crippen LogP contribution in [-0.2, 0) is 0 Å². The number of rotatable bonds is 6. The normalized spacial score (nSPS) is 25.3. The molecule has 2 nitrogen and oxygen atoms in total. The molecule has 0 aromatic heterocycles. The molecular formula is C16H34N2. The van der Waals surface area contributed by atoms with Gasteiger partial charge in [-0.05, 0) is 39.5 Å². The fraction of sp³-hybridized carbons (Fsp3) is 1.00. The zero-order valence-electron chi connectivity index (χ0n) is 13.5. The highest BCUT2D eigenvalue weighted by Gasteiger charge is 2.41. The van der Waals surface area contributed by atoms with E-state index in [-0.39, 0.29) is 0 Å². The lowest BCUT2D eigenvalue weighted by Crippen LogP contribution is -2.67. The highest BCUT2D eigenvalue weighted by Crippen LogP contribution is 2.31. The fourth-order valence-corrected chi connectivity index (χ4v) is 3.51. The maximum Gasteiger partial charge on any atom is 0.0304 e. The van der Waals surface area contributed by atoms with Gasteiger partial charge in [-0.1, -0.05) is 34.1 Å². The first kappa shape index (κ1) is 16.0. The molecule has 1 atom stereocenters. The minimum Gasteiger partial charge on any atom is -0.308 e. The molecule has 0 bridgehead atoms. The van der Waals surface area contributed by atoms with Crippen LogP contribution in [0.4, 0.5) is 0 Å². The van der Waals surface area contributed by atoms with Gasteiger partial charge >= 0.3 is 0 Å². The molecule has 1 unspecified atom stereocenters. The van der Waals surface area contributed by atoms with Crippen LogP contribution in [0.25, 0.3) is 0 Å². The Labute approximate surface area is 115 Å². The molecule has 1 fully saturated rings. The first-order valence-electron chi connectivity index (χ1n) is 7.96. The first-order chi connectivity index (χ1) is 8.44. The summed E-state index contributed by atoms with van der Waals surface area (Å²) in [5.74, 6) is 0. The third-order valence-corrected chi connectivity index (χ3v) is 5.09. The Bertz CT molecular complexity index is 243. The molecule has 0 radical (unpaired) electrons. The van der Waals surface area contributed by atoms with E-state index in [1.807, 2.05) is 0 Å². The summed E-state index contributed by atoms with van der Waals surface area (Å²) < 4.78 is 0. The van der Waals surface area contributed by atoms with E-state index in [0.29, 0.717) is 17.1 Å². The summed E-state index contributed by atoms with van der Waals surface area (Å²) in [5, 5.41) is 3.84. The van der Waals surface area contributed by atoms with Gasteiger partial charge in [0.15, 0.2) is 0 Å². The predicted molar refractivity (Wildman–Crippen MR) is 81.1 cm³/mol. The summed E-state index contributed by atoms with van der Waals surface area (Å²) in [6, 6.07) is 0.706. The van der Waals surface area contributed by atoms with Gasteiger partial charge in [-0.15, -0.1) is 0 Å². The Hall–Kier alpha value is -0.0800. The van der Waals surface area contributed by atoms with Crippen molar-refractivity contribution < 1.29 is 0 Å². The van der Waals surface area contributed by atoms with Crippen molar-refractivity contribution in [3.8, 4) is 0 Å². The van der Waals surface area contributed by atoms with Gasteiger partial charge in [-0.2, -0.15) is 0 Å². The van der Waals surface area contributed by atoms with E-state index in [1.165, 1.54) is 38.6 Å². The maximum atomic E-state index is 3.84. The van der Waals surface area contributed by atoms with Gasteiger partial charge in [0.25, 0.3) is 0 Å². The Morgan fingerprint density at radius 2 is 1.78 bits per heavy atom. The molecule has 0 saturated carbocycles. The zero-order valence-corrected chi connectivity index (χ0v) is 13.5. The molecule has 1 aliphatic heterocycles. The zero-order chi connectivity index (χ0) is 13.8. The lowest BCUT2D eigenvalue weighted by atomic mass is 9.83. The summed E-state index contributed by atoms with van der Waals surface area (Å²) >= 11 is 0. The second kappa shape index (κ2) is 6.38. The van der Waals surface area contributed by atoms with Crippen LogP contribution in [0.1, 0.15) is 73.6 Å². The molecule has 1 N–H and O–H groups in total. The Balaban J connectivity index is 2.88. The average Bonchev–Trinajstić information content (AvgIpc) is 2.38. The second-order valence-electron chi connectivity index (χ2n) is 6.62. The Morgan fingerprint density at radius 1 is 1.17 bits per heavy atom. The van der Waals surface area contributed by atoms with E-state index in [9.17, 15) is 0 Å². The molecule has 0 aromatic carbocycles. The molecule has 108 valence electrons. The quantitative estimate of drug-likeness (QED) is 0.775. The summed E-state index contributed by atoms with van der Waals surface area (Å²) in [5.41, 5.74) is 0.684. The van der Waals surface area contributed by atoms with E-state index in [2.05, 4.69) is 51.8 Å². The molecule has 1 saturated heterocycles. The molecule has 0 amide bonds. The Morgan fingerprint density at radius 3 is 2.22 bits per heavy atom. The van der Waals surface area contributed by atoms with Crippen molar-refractivity contribution in [1.82, 2.24) is 10.2 Å². The van der Waals surface area contributed by atoms with Crippen molar-refractivity contribution in [2.75, 3.05) is 13.1 Å². The molecule has 18 heavy (non-hydrogen) atoms. The minimum absolute atomic E-state index is 0.340. The molecular weight excluding hydrogens is 220 g/mol. The monoisotopic (exact) mass is 254 g/mol. The van der Waals surface area contributed by atoms with Crippen molar-refractivity contribution in [1.29, 1.82) is 0 Å². The number of piperazine rings is 1. The van der Waals surface area contributed by atoms with Crippen LogP contribution in [0.15, 0.2) is 0 Å². The average molecular weight is 254 g/mol. The van der Waals surface area contributed by atoms with Crippen LogP contribution in [0.3, 0.4) is 0 Å². The van der Waals surface area contributed by atoms with Crippen molar-refractivity contribution in [2.45, 2.75) is 90.8 Å². The van der Waals surface area contributed by atoms with Crippen molar-refractivity contribution in [3.05, 3.63) is 0 Å². The highest BCUT2D eigenvalue weighted by molar-refractivity contribution is 5.00. The lowest BCUT2D eigenvalue weighted by Gasteiger charge is -2.53. The predicted octanol–water partition coefficient (Wildman–Crippen LogP) is 3.81. The fourth-order valence-electron chi connectivity index (χ4n) is 3.51. The van der Waals surface area contributed by atoms with Crippen molar-refractivity contribution >= 4 is 0 Å². The van der Waals surface area contributed by atoms with Gasteiger partial charge in [0, 0.05) is 30.2 Å². The van der Waals surface area contributed by atoms with Gasteiger partial charge in [-0.25, -0.2) is 0 Å². The van der Waals surface area contributed by atoms with E-state index >= 15 is 0 Å². The molecule has 1 aliphatic rings. The minimum atomic E-state index is 0.340. The topological polar surface area (TPSA) is 15.3 Å². The van der Waals surface area contributed by atoms with Crippen LogP contribution in [0, 0.1) is 0 Å². The van der Waals surface area contributed by atoms with Crippen LogP contribution < -0.4 is 5.32 Å². The van der Waals surface area contributed by atoms with Gasteiger partial charge < -0.3 is 5.32 Å². The molecule has 1 rings (SSSR count). The third kappa shape index (κ3) is 3.27. The van der Waals surface area contributed by atoms with Crippen LogP contribution in [0.5, 0.6) is 0 Å². The van der Waals surface area contributed by atoms with E-state index < -0.39 is 0 Å². The molecule has 0 spiro atoms. The number of nitrogens with one attached hydrogen (secondary N) is 1. The second-order valence-corrected chi connectivity index (χ2v) is 6.62. The smallest absolute Gasteiger partial charge is 0.0304 e. The number of hydrogen-bond acceptors (Lipinski definition) is 2. The lowest BCUT2D eigenvalue weighted by molar-refractivity contribution is -0.00908. The summed E-state index contributed by atoms with van der Waals surface area (Å²) in [6.45, 7) is 16.5. The summed E-state index contributed by atoms with van der Waals surface area (Å²) in [6.07, 6.45) is 6.30. The van der Waals surface area contributed by atoms with Crippen molar-refractivity contribution in [2.24, 2.45) is 0 Å². The molecule has 0 aliphatic carbocycles. The number of nitrogens with zero attached hydrogens (tertiary/aromatic N) is 1. The molecule has 1 heterocycles. The third-order valence-electron chi connectivity index (χ3n) is 5.09. The Kier molecular flexibility index (Phi) is 5.67. The molecule has 0 aromatic rings. The van der Waals surface area contributed by atoms with E-state index in [4.69, 9.17) is 0 Å². The van der Waals surface area contributed by atoms with Crippen LogP contribution in [-0.4, -0.2) is 35.1 Å². The molecule has 2 heteroatoms. The first-order valence-corrected chi connectivity index (χ1v) is 7.96. The van der Waals surface area contributed by atoms with Gasteiger partial charge in [-0.3, -0.25) is 4.90 Å². The highest BCUT2D eigenvalue weighted by atomic mass is 15.3. The van der Waals surface area contributed by atoms with Gasteiger partial charge in [0.05, 0.1) is 0 Å². The van der Waals surface area contributed by atoms with Crippen LogP contribution in [0.2, 0.25) is 0 Å².